The van der Waals surface area contributed by atoms with E-state index in [-0.39, 0.29) is 0 Å². The van der Waals surface area contributed by atoms with Gasteiger partial charge in [-0.15, -0.1) is 0 Å². The zero-order valence-electron chi connectivity index (χ0n) is 14.4. The van der Waals surface area contributed by atoms with Crippen molar-refractivity contribution in [3.63, 3.8) is 0 Å². The van der Waals surface area contributed by atoms with Gasteiger partial charge in [0.2, 0.25) is 0 Å². The van der Waals surface area contributed by atoms with E-state index in [1.165, 1.54) is 24.0 Å². The summed E-state index contributed by atoms with van der Waals surface area (Å²) in [6.07, 6.45) is 4.33. The first kappa shape index (κ1) is 16.5. The molecule has 0 aliphatic heterocycles. The summed E-state index contributed by atoms with van der Waals surface area (Å²) in [4.78, 5) is 7.95. The van der Waals surface area contributed by atoms with Gasteiger partial charge in [0, 0.05) is 18.2 Å². The Hall–Kier alpha value is -2.39. The van der Waals surface area contributed by atoms with Crippen molar-refractivity contribution in [3.8, 4) is 22.6 Å². The lowest BCUT2D eigenvalue weighted by Gasteiger charge is -2.13. The van der Waals surface area contributed by atoms with Crippen molar-refractivity contribution in [2.75, 3.05) is 0 Å². The van der Waals surface area contributed by atoms with E-state index < -0.39 is 0 Å². The van der Waals surface area contributed by atoms with E-state index in [2.05, 4.69) is 65.5 Å². The zero-order valence-corrected chi connectivity index (χ0v) is 14.4. The van der Waals surface area contributed by atoms with Crippen LogP contribution in [-0.4, -0.2) is 16.0 Å². The molecule has 2 N–H and O–H groups in total. The second-order valence-corrected chi connectivity index (χ2v) is 6.28. The van der Waals surface area contributed by atoms with Crippen LogP contribution in [0.1, 0.15) is 32.3 Å². The molecule has 3 rings (SSSR count). The van der Waals surface area contributed by atoms with Gasteiger partial charge < -0.3 is 10.3 Å². The van der Waals surface area contributed by atoms with Gasteiger partial charge in [-0.2, -0.15) is 0 Å². The highest BCUT2D eigenvalue weighted by atomic mass is 14.9. The highest BCUT2D eigenvalue weighted by molar-refractivity contribution is 5.64. The van der Waals surface area contributed by atoms with Crippen LogP contribution in [0.4, 0.5) is 0 Å². The maximum atomic E-state index is 4.52. The van der Waals surface area contributed by atoms with Crippen LogP contribution in [0.25, 0.3) is 22.6 Å². The highest BCUT2D eigenvalue weighted by Gasteiger charge is 2.06. The summed E-state index contributed by atoms with van der Waals surface area (Å²) in [6.45, 7) is 5.37. The first-order valence-corrected chi connectivity index (χ1v) is 8.69. The molecule has 0 amide bonds. The minimum absolute atomic E-state index is 0.551. The van der Waals surface area contributed by atoms with Gasteiger partial charge >= 0.3 is 0 Å². The molecule has 24 heavy (non-hydrogen) atoms. The molecule has 0 radical (unpaired) electrons. The van der Waals surface area contributed by atoms with Gasteiger partial charge in [-0.3, -0.25) is 0 Å². The van der Waals surface area contributed by atoms with Gasteiger partial charge in [-0.1, -0.05) is 61.9 Å². The molecule has 0 aliphatic rings. The molecule has 0 saturated heterocycles. The quantitative estimate of drug-likeness (QED) is 0.642. The molecule has 0 bridgehead atoms. The van der Waals surface area contributed by atoms with Crippen molar-refractivity contribution in [1.82, 2.24) is 15.3 Å². The van der Waals surface area contributed by atoms with E-state index >= 15 is 0 Å². The predicted octanol–water partition coefficient (Wildman–Crippen LogP) is 5.02. The fourth-order valence-corrected chi connectivity index (χ4v) is 2.89. The smallest absolute Gasteiger partial charge is 0.137 e. The Balaban J connectivity index is 1.73. The van der Waals surface area contributed by atoms with E-state index in [0.717, 1.165) is 23.6 Å². The number of aromatic amines is 1. The average molecular weight is 319 g/mol. The second-order valence-electron chi connectivity index (χ2n) is 6.28. The maximum absolute atomic E-state index is 4.52. The first-order chi connectivity index (χ1) is 11.8. The van der Waals surface area contributed by atoms with Crippen molar-refractivity contribution < 1.29 is 0 Å². The summed E-state index contributed by atoms with van der Waals surface area (Å²) < 4.78 is 0. The lowest BCUT2D eigenvalue weighted by molar-refractivity contribution is 0.508. The third-order valence-electron chi connectivity index (χ3n) is 4.24. The Kier molecular flexibility index (Phi) is 5.44. The lowest BCUT2D eigenvalue weighted by Crippen LogP contribution is -2.25. The molecule has 1 atom stereocenters. The van der Waals surface area contributed by atoms with Crippen LogP contribution < -0.4 is 5.32 Å². The van der Waals surface area contributed by atoms with E-state index in [1.807, 2.05) is 24.4 Å². The Bertz CT molecular complexity index is 762. The number of nitrogens with one attached hydrogen (secondary N) is 2. The number of H-pyrrole nitrogens is 1. The van der Waals surface area contributed by atoms with Crippen molar-refractivity contribution in [3.05, 3.63) is 66.4 Å². The van der Waals surface area contributed by atoms with Crippen molar-refractivity contribution in [1.29, 1.82) is 0 Å². The van der Waals surface area contributed by atoms with Crippen LogP contribution in [0, 0.1) is 0 Å². The number of aromatic nitrogens is 2. The SMILES string of the molecule is CCCC(C)NCc1cccc(-c2cnc(-c3ccccc3)[nH]2)c1. The summed E-state index contributed by atoms with van der Waals surface area (Å²) in [5.41, 5.74) is 4.63. The molecular formula is C21H25N3. The second kappa shape index (κ2) is 7.93. The number of hydrogen-bond acceptors (Lipinski definition) is 2. The molecule has 1 heterocycles. The van der Waals surface area contributed by atoms with Crippen LogP contribution in [-0.2, 0) is 6.54 Å². The molecule has 124 valence electrons. The monoisotopic (exact) mass is 319 g/mol. The van der Waals surface area contributed by atoms with Crippen molar-refractivity contribution >= 4 is 0 Å². The highest BCUT2D eigenvalue weighted by Crippen LogP contribution is 2.22. The van der Waals surface area contributed by atoms with Gasteiger partial charge in [0.1, 0.15) is 5.82 Å². The van der Waals surface area contributed by atoms with Crippen LogP contribution in [0.15, 0.2) is 60.8 Å². The lowest BCUT2D eigenvalue weighted by atomic mass is 10.1. The first-order valence-electron chi connectivity index (χ1n) is 8.69. The van der Waals surface area contributed by atoms with Gasteiger partial charge in [0.15, 0.2) is 0 Å². The number of hydrogen-bond donors (Lipinski definition) is 2. The Labute approximate surface area is 144 Å². The number of rotatable bonds is 7. The molecular weight excluding hydrogens is 294 g/mol. The average Bonchev–Trinajstić information content (AvgIpc) is 3.11. The summed E-state index contributed by atoms with van der Waals surface area (Å²) in [5.74, 6) is 0.908. The van der Waals surface area contributed by atoms with E-state index in [0.29, 0.717) is 6.04 Å². The zero-order chi connectivity index (χ0) is 16.8. The minimum Gasteiger partial charge on any atom is -0.338 e. The molecule has 2 aromatic carbocycles. The maximum Gasteiger partial charge on any atom is 0.137 e. The van der Waals surface area contributed by atoms with Gasteiger partial charge in [-0.25, -0.2) is 4.98 Å². The molecule has 3 heteroatoms. The van der Waals surface area contributed by atoms with Crippen LogP contribution in [0.5, 0.6) is 0 Å². The van der Waals surface area contributed by atoms with E-state index in [1.54, 1.807) is 0 Å². The fourth-order valence-electron chi connectivity index (χ4n) is 2.89. The minimum atomic E-state index is 0.551. The molecule has 3 aromatic rings. The summed E-state index contributed by atoms with van der Waals surface area (Å²) in [7, 11) is 0. The Morgan fingerprint density at radius 3 is 2.62 bits per heavy atom. The van der Waals surface area contributed by atoms with Gasteiger partial charge in [-0.05, 0) is 30.5 Å². The van der Waals surface area contributed by atoms with Gasteiger partial charge in [0.25, 0.3) is 0 Å². The summed E-state index contributed by atoms with van der Waals surface area (Å²) in [6, 6.07) is 19.4. The third kappa shape index (κ3) is 4.12. The fraction of sp³-hybridized carbons (Fsp3) is 0.286. The molecule has 0 fully saturated rings. The standard InChI is InChI=1S/C21H25N3/c1-3-8-16(2)22-14-17-9-7-12-19(13-17)20-15-23-21(24-20)18-10-5-4-6-11-18/h4-7,9-13,15-16,22H,3,8,14H2,1-2H3,(H,23,24). The van der Waals surface area contributed by atoms with E-state index in [4.69, 9.17) is 0 Å². The Morgan fingerprint density at radius 1 is 1.04 bits per heavy atom. The molecule has 0 saturated carbocycles. The van der Waals surface area contributed by atoms with Crippen LogP contribution in [0.3, 0.4) is 0 Å². The summed E-state index contributed by atoms with van der Waals surface area (Å²) >= 11 is 0. The normalized spacial score (nSPS) is 12.2. The molecule has 0 spiro atoms. The van der Waals surface area contributed by atoms with Crippen molar-refractivity contribution in [2.24, 2.45) is 0 Å². The molecule has 0 aliphatic carbocycles. The number of nitrogens with zero attached hydrogens (tertiary/aromatic N) is 1. The Morgan fingerprint density at radius 2 is 1.83 bits per heavy atom. The number of benzene rings is 2. The van der Waals surface area contributed by atoms with Crippen LogP contribution >= 0.6 is 0 Å². The molecule has 1 aromatic heterocycles. The largest absolute Gasteiger partial charge is 0.338 e. The third-order valence-corrected chi connectivity index (χ3v) is 4.24. The topological polar surface area (TPSA) is 40.7 Å². The van der Waals surface area contributed by atoms with E-state index in [9.17, 15) is 0 Å². The number of imidazole rings is 1. The predicted molar refractivity (Wildman–Crippen MR) is 101 cm³/mol. The van der Waals surface area contributed by atoms with Crippen LogP contribution in [0.2, 0.25) is 0 Å². The molecule has 1 unspecified atom stereocenters. The van der Waals surface area contributed by atoms with Gasteiger partial charge in [0.05, 0.1) is 11.9 Å². The summed E-state index contributed by atoms with van der Waals surface area (Å²) in [5, 5.41) is 3.58. The van der Waals surface area contributed by atoms with Crippen molar-refractivity contribution in [2.45, 2.75) is 39.3 Å². The molecule has 3 nitrogen and oxygen atoms in total.